The van der Waals surface area contributed by atoms with Gasteiger partial charge >= 0.3 is 6.36 Å². The number of halogens is 3. The summed E-state index contributed by atoms with van der Waals surface area (Å²) in [5.41, 5.74) is 2.89. The highest BCUT2D eigenvalue weighted by Crippen LogP contribution is 2.25. The molecule has 4 N–H and O–H groups in total. The fraction of sp³-hybridized carbons (Fsp3) is 0.0909. The van der Waals surface area contributed by atoms with E-state index in [4.69, 9.17) is 5.84 Å². The quantitative estimate of drug-likeness (QED) is 0.591. The van der Waals surface area contributed by atoms with Gasteiger partial charge in [-0.05, 0) is 24.3 Å². The average Bonchev–Trinajstić information content (AvgIpc) is 2.40. The number of nitrogen functional groups attached to an aromatic ring is 1. The van der Waals surface area contributed by atoms with Crippen molar-refractivity contribution in [3.8, 4) is 5.75 Å². The number of nitrogens with two attached hydrogens (primary N) is 1. The summed E-state index contributed by atoms with van der Waals surface area (Å²) < 4.78 is 39.8. The van der Waals surface area contributed by atoms with Gasteiger partial charge in [-0.1, -0.05) is 0 Å². The summed E-state index contributed by atoms with van der Waals surface area (Å²) in [7, 11) is 0. The normalized spacial score (nSPS) is 11.0. The van der Waals surface area contributed by atoms with Gasteiger partial charge in [0.15, 0.2) is 0 Å². The van der Waals surface area contributed by atoms with E-state index in [0.29, 0.717) is 17.3 Å². The van der Waals surface area contributed by atoms with Gasteiger partial charge < -0.3 is 15.5 Å². The van der Waals surface area contributed by atoms with E-state index in [9.17, 15) is 13.2 Å². The number of hydrogen-bond donors (Lipinski definition) is 3. The van der Waals surface area contributed by atoms with Gasteiger partial charge in [0.2, 0.25) is 0 Å². The molecule has 0 atom stereocenters. The number of hydrazine groups is 1. The maximum absolute atomic E-state index is 12.0. The Bertz CT molecular complexity index is 573. The number of benzene rings is 1. The van der Waals surface area contributed by atoms with Gasteiger partial charge in [-0.15, -0.1) is 13.2 Å². The molecule has 1 heterocycles. The first kappa shape index (κ1) is 13.9. The number of aromatic nitrogens is 2. The topological polar surface area (TPSA) is 85.1 Å². The minimum atomic E-state index is -4.71. The van der Waals surface area contributed by atoms with Crippen LogP contribution in [0.2, 0.25) is 0 Å². The number of alkyl halides is 3. The molecule has 0 fully saturated rings. The highest BCUT2D eigenvalue weighted by atomic mass is 19.4. The molecule has 0 unspecified atom stereocenters. The number of anilines is 3. The van der Waals surface area contributed by atoms with Crippen molar-refractivity contribution in [3.63, 3.8) is 0 Å². The lowest BCUT2D eigenvalue weighted by atomic mass is 10.3. The first-order valence-corrected chi connectivity index (χ1v) is 5.38. The van der Waals surface area contributed by atoms with Crippen LogP contribution in [0.1, 0.15) is 0 Å². The van der Waals surface area contributed by atoms with E-state index in [2.05, 4.69) is 25.4 Å². The monoisotopic (exact) mass is 285 g/mol. The standard InChI is InChI=1S/C11H10F3N5O/c12-11(13,14)20-8-3-1-7(2-4-8)18-9-5-10(19-15)17-6-16-9/h1-6H,15H2,(H2,16,17,18,19). The smallest absolute Gasteiger partial charge is 0.406 e. The van der Waals surface area contributed by atoms with Crippen molar-refractivity contribution in [2.45, 2.75) is 6.36 Å². The van der Waals surface area contributed by atoms with Gasteiger partial charge in [-0.25, -0.2) is 15.8 Å². The van der Waals surface area contributed by atoms with Crippen molar-refractivity contribution in [2.75, 3.05) is 10.7 Å². The summed E-state index contributed by atoms with van der Waals surface area (Å²) >= 11 is 0. The highest BCUT2D eigenvalue weighted by molar-refractivity contribution is 5.59. The second-order valence-electron chi connectivity index (χ2n) is 3.63. The first-order valence-electron chi connectivity index (χ1n) is 5.38. The molecule has 1 aromatic carbocycles. The molecule has 0 radical (unpaired) electrons. The van der Waals surface area contributed by atoms with Crippen LogP contribution in [0.25, 0.3) is 0 Å². The molecular formula is C11H10F3N5O. The Morgan fingerprint density at radius 2 is 1.70 bits per heavy atom. The maximum atomic E-state index is 12.0. The lowest BCUT2D eigenvalue weighted by Gasteiger charge is -2.10. The van der Waals surface area contributed by atoms with Gasteiger partial charge in [0.05, 0.1) is 0 Å². The second kappa shape index (κ2) is 5.61. The molecule has 1 aromatic heterocycles. The third-order valence-corrected chi connectivity index (χ3v) is 2.18. The fourth-order valence-corrected chi connectivity index (χ4v) is 1.39. The molecule has 0 aliphatic carbocycles. The number of nitrogens with zero attached hydrogens (tertiary/aromatic N) is 2. The van der Waals surface area contributed by atoms with Crippen LogP contribution in [0.5, 0.6) is 5.75 Å². The molecule has 0 aliphatic rings. The van der Waals surface area contributed by atoms with Gasteiger partial charge in [0.1, 0.15) is 23.7 Å². The summed E-state index contributed by atoms with van der Waals surface area (Å²) in [5.74, 6) is 5.75. The van der Waals surface area contributed by atoms with E-state index in [1.165, 1.54) is 30.6 Å². The number of ether oxygens (including phenoxy) is 1. The zero-order chi connectivity index (χ0) is 14.6. The van der Waals surface area contributed by atoms with Gasteiger partial charge in [-0.3, -0.25) is 0 Å². The molecule has 9 heteroatoms. The van der Waals surface area contributed by atoms with Crippen LogP contribution >= 0.6 is 0 Å². The largest absolute Gasteiger partial charge is 0.573 e. The van der Waals surface area contributed by atoms with Crippen LogP contribution in [0.4, 0.5) is 30.5 Å². The predicted octanol–water partition coefficient (Wildman–Crippen LogP) is 2.40. The Morgan fingerprint density at radius 1 is 1.05 bits per heavy atom. The van der Waals surface area contributed by atoms with Crippen LogP contribution in [0, 0.1) is 0 Å². The summed E-state index contributed by atoms with van der Waals surface area (Å²) in [5, 5.41) is 2.89. The summed E-state index contributed by atoms with van der Waals surface area (Å²) in [6.07, 6.45) is -3.41. The Labute approximate surface area is 111 Å². The van der Waals surface area contributed by atoms with Crippen molar-refractivity contribution in [2.24, 2.45) is 5.84 Å². The van der Waals surface area contributed by atoms with E-state index in [0.717, 1.165) is 0 Å². The number of hydrogen-bond acceptors (Lipinski definition) is 6. The first-order chi connectivity index (χ1) is 9.46. The Morgan fingerprint density at radius 3 is 2.30 bits per heavy atom. The van der Waals surface area contributed by atoms with E-state index in [1.54, 1.807) is 6.07 Å². The van der Waals surface area contributed by atoms with Crippen molar-refractivity contribution in [1.82, 2.24) is 9.97 Å². The van der Waals surface area contributed by atoms with Crippen LogP contribution < -0.4 is 21.3 Å². The Hall–Kier alpha value is -2.55. The molecule has 0 saturated heterocycles. The van der Waals surface area contributed by atoms with E-state index in [-0.39, 0.29) is 5.75 Å². The molecule has 0 bridgehead atoms. The highest BCUT2D eigenvalue weighted by Gasteiger charge is 2.30. The Kier molecular flexibility index (Phi) is 3.89. The molecule has 0 spiro atoms. The Balaban J connectivity index is 2.06. The van der Waals surface area contributed by atoms with E-state index in [1.807, 2.05) is 0 Å². The number of rotatable bonds is 4. The third kappa shape index (κ3) is 3.99. The van der Waals surface area contributed by atoms with Gasteiger partial charge in [-0.2, -0.15) is 0 Å². The lowest BCUT2D eigenvalue weighted by molar-refractivity contribution is -0.274. The molecule has 0 amide bonds. The molecule has 2 rings (SSSR count). The molecule has 0 saturated carbocycles. The lowest BCUT2D eigenvalue weighted by Crippen LogP contribution is -2.16. The van der Waals surface area contributed by atoms with E-state index < -0.39 is 6.36 Å². The molecular weight excluding hydrogens is 275 g/mol. The summed E-state index contributed by atoms with van der Waals surface area (Å²) in [4.78, 5) is 7.76. The zero-order valence-corrected chi connectivity index (χ0v) is 9.98. The SMILES string of the molecule is NNc1cc(Nc2ccc(OC(F)(F)F)cc2)ncn1. The maximum Gasteiger partial charge on any atom is 0.573 e. The third-order valence-electron chi connectivity index (χ3n) is 2.18. The summed E-state index contributed by atoms with van der Waals surface area (Å²) in [6, 6.07) is 6.79. The van der Waals surface area contributed by atoms with Crippen LogP contribution in [0.15, 0.2) is 36.7 Å². The van der Waals surface area contributed by atoms with Crippen molar-refractivity contribution in [1.29, 1.82) is 0 Å². The molecule has 20 heavy (non-hydrogen) atoms. The molecule has 106 valence electrons. The van der Waals surface area contributed by atoms with Crippen LogP contribution in [-0.4, -0.2) is 16.3 Å². The minimum absolute atomic E-state index is 0.296. The van der Waals surface area contributed by atoms with Crippen LogP contribution in [0.3, 0.4) is 0 Å². The zero-order valence-electron chi connectivity index (χ0n) is 9.98. The second-order valence-corrected chi connectivity index (χ2v) is 3.63. The fourth-order valence-electron chi connectivity index (χ4n) is 1.39. The van der Waals surface area contributed by atoms with Crippen molar-refractivity contribution >= 4 is 17.3 Å². The molecule has 6 nitrogen and oxygen atoms in total. The summed E-state index contributed by atoms with van der Waals surface area (Å²) in [6.45, 7) is 0. The number of nitrogens with one attached hydrogen (secondary N) is 2. The van der Waals surface area contributed by atoms with Crippen LogP contribution in [-0.2, 0) is 0 Å². The van der Waals surface area contributed by atoms with Crippen molar-refractivity contribution in [3.05, 3.63) is 36.7 Å². The van der Waals surface area contributed by atoms with E-state index >= 15 is 0 Å². The van der Waals surface area contributed by atoms with Crippen molar-refractivity contribution < 1.29 is 17.9 Å². The predicted molar refractivity (Wildman–Crippen MR) is 66.2 cm³/mol. The average molecular weight is 285 g/mol. The van der Waals surface area contributed by atoms with Gasteiger partial charge in [0, 0.05) is 11.8 Å². The van der Waals surface area contributed by atoms with Gasteiger partial charge in [0.25, 0.3) is 0 Å². The molecule has 2 aromatic rings. The molecule has 0 aliphatic heterocycles. The minimum Gasteiger partial charge on any atom is -0.406 e.